The second-order valence-corrected chi connectivity index (χ2v) is 2.08. The van der Waals surface area contributed by atoms with Crippen molar-refractivity contribution in [1.29, 1.82) is 0 Å². The van der Waals surface area contributed by atoms with Crippen LogP contribution in [-0.4, -0.2) is 15.9 Å². The third-order valence-corrected chi connectivity index (χ3v) is 1.18. The highest BCUT2D eigenvalue weighted by Crippen LogP contribution is 2.20. The molecule has 0 radical (unpaired) electrons. The SMILES string of the molecule is Cn1cc(Cl)c(N=C=O)n1. The summed E-state index contributed by atoms with van der Waals surface area (Å²) in [7, 11) is 1.69. The van der Waals surface area contributed by atoms with E-state index >= 15 is 0 Å². The molecular formula is C5H4ClN3O. The molecule has 0 unspecified atom stereocenters. The highest BCUT2D eigenvalue weighted by molar-refractivity contribution is 6.32. The van der Waals surface area contributed by atoms with Gasteiger partial charge in [0.1, 0.15) is 5.02 Å². The molecule has 0 spiro atoms. The van der Waals surface area contributed by atoms with E-state index in [1.807, 2.05) is 0 Å². The Morgan fingerprint density at radius 1 is 1.90 bits per heavy atom. The molecule has 0 saturated carbocycles. The van der Waals surface area contributed by atoms with Crippen molar-refractivity contribution < 1.29 is 4.79 Å². The van der Waals surface area contributed by atoms with E-state index in [-0.39, 0.29) is 5.82 Å². The van der Waals surface area contributed by atoms with Crippen LogP contribution in [-0.2, 0) is 11.8 Å². The molecule has 0 aromatic carbocycles. The molecule has 1 aromatic heterocycles. The summed E-state index contributed by atoms with van der Waals surface area (Å²) in [6.07, 6.45) is 2.91. The van der Waals surface area contributed by atoms with Crippen LogP contribution in [0.2, 0.25) is 5.02 Å². The number of aromatic nitrogens is 2. The van der Waals surface area contributed by atoms with Crippen LogP contribution in [0.4, 0.5) is 5.82 Å². The molecule has 4 nitrogen and oxygen atoms in total. The molecule has 0 amide bonds. The Morgan fingerprint density at radius 2 is 2.60 bits per heavy atom. The van der Waals surface area contributed by atoms with Gasteiger partial charge < -0.3 is 0 Å². The fourth-order valence-corrected chi connectivity index (χ4v) is 0.788. The first kappa shape index (κ1) is 6.99. The van der Waals surface area contributed by atoms with Gasteiger partial charge in [0.25, 0.3) is 0 Å². The van der Waals surface area contributed by atoms with Crippen molar-refractivity contribution in [2.75, 3.05) is 0 Å². The largest absolute Gasteiger partial charge is 0.272 e. The van der Waals surface area contributed by atoms with Gasteiger partial charge in [-0.15, -0.1) is 4.99 Å². The minimum Gasteiger partial charge on any atom is -0.272 e. The van der Waals surface area contributed by atoms with Gasteiger partial charge >= 0.3 is 0 Å². The fraction of sp³-hybridized carbons (Fsp3) is 0.200. The Labute approximate surface area is 62.1 Å². The first-order valence-corrected chi connectivity index (χ1v) is 2.89. The molecule has 0 aliphatic heterocycles. The van der Waals surface area contributed by atoms with E-state index in [9.17, 15) is 4.79 Å². The summed E-state index contributed by atoms with van der Waals surface area (Å²) in [6.45, 7) is 0. The van der Waals surface area contributed by atoms with Crippen molar-refractivity contribution >= 4 is 23.5 Å². The lowest BCUT2D eigenvalue weighted by Crippen LogP contribution is -1.84. The third kappa shape index (κ3) is 1.23. The Balaban J connectivity index is 3.14. The van der Waals surface area contributed by atoms with Crippen molar-refractivity contribution in [3.05, 3.63) is 11.2 Å². The summed E-state index contributed by atoms with van der Waals surface area (Å²) < 4.78 is 1.47. The summed E-state index contributed by atoms with van der Waals surface area (Å²) in [5.74, 6) is 0.208. The van der Waals surface area contributed by atoms with E-state index in [1.165, 1.54) is 10.8 Å². The topological polar surface area (TPSA) is 47.2 Å². The first-order chi connectivity index (χ1) is 4.74. The van der Waals surface area contributed by atoms with E-state index in [0.717, 1.165) is 0 Å². The van der Waals surface area contributed by atoms with E-state index in [1.54, 1.807) is 13.2 Å². The van der Waals surface area contributed by atoms with Gasteiger partial charge in [-0.3, -0.25) is 4.68 Å². The zero-order chi connectivity index (χ0) is 7.56. The summed E-state index contributed by atoms with van der Waals surface area (Å²) in [5.41, 5.74) is 0. The molecule has 0 atom stereocenters. The molecule has 0 saturated heterocycles. The average molecular weight is 158 g/mol. The van der Waals surface area contributed by atoms with Crippen LogP contribution >= 0.6 is 11.6 Å². The summed E-state index contributed by atoms with van der Waals surface area (Å²) in [5, 5.41) is 4.11. The molecule has 0 fully saturated rings. The number of aliphatic imine (C=N–C) groups is 1. The highest BCUT2D eigenvalue weighted by Gasteiger charge is 2.01. The lowest BCUT2D eigenvalue weighted by molar-refractivity contribution is 0.565. The zero-order valence-electron chi connectivity index (χ0n) is 5.21. The number of halogens is 1. The molecule has 1 rings (SSSR count). The number of hydrogen-bond donors (Lipinski definition) is 0. The molecule has 0 aliphatic rings. The van der Waals surface area contributed by atoms with Crippen LogP contribution in [0.1, 0.15) is 0 Å². The van der Waals surface area contributed by atoms with Gasteiger partial charge in [-0.2, -0.15) is 5.10 Å². The molecule has 0 N–H and O–H groups in total. The molecule has 1 aromatic rings. The molecule has 0 bridgehead atoms. The maximum atomic E-state index is 9.74. The predicted molar refractivity (Wildman–Crippen MR) is 36.0 cm³/mol. The number of aryl methyl sites for hydroxylation is 1. The number of carbonyl (C=O) groups excluding carboxylic acids is 1. The molecule has 0 aliphatic carbocycles. The van der Waals surface area contributed by atoms with Crippen molar-refractivity contribution in [2.24, 2.45) is 12.0 Å². The van der Waals surface area contributed by atoms with Crippen LogP contribution in [0.15, 0.2) is 11.2 Å². The molecule has 52 valence electrons. The van der Waals surface area contributed by atoms with Crippen molar-refractivity contribution in [1.82, 2.24) is 9.78 Å². The van der Waals surface area contributed by atoms with E-state index in [4.69, 9.17) is 11.6 Å². The zero-order valence-corrected chi connectivity index (χ0v) is 5.96. The van der Waals surface area contributed by atoms with Gasteiger partial charge in [-0.05, 0) is 0 Å². The van der Waals surface area contributed by atoms with Crippen LogP contribution in [0, 0.1) is 0 Å². The maximum absolute atomic E-state index is 9.74. The molecule has 10 heavy (non-hydrogen) atoms. The first-order valence-electron chi connectivity index (χ1n) is 2.51. The number of nitrogens with zero attached hydrogens (tertiary/aromatic N) is 3. The standard InChI is InChI=1S/C5H4ClN3O/c1-9-2-4(6)5(8-9)7-3-10/h2H,1H3. The minimum absolute atomic E-state index is 0.208. The van der Waals surface area contributed by atoms with Crippen LogP contribution in [0.5, 0.6) is 0 Å². The summed E-state index contributed by atoms with van der Waals surface area (Å²) in [4.78, 5) is 13.0. The molecule has 5 heteroatoms. The van der Waals surface area contributed by atoms with Crippen LogP contribution < -0.4 is 0 Å². The quantitative estimate of drug-likeness (QED) is 0.452. The number of hydrogen-bond acceptors (Lipinski definition) is 3. The highest BCUT2D eigenvalue weighted by atomic mass is 35.5. The average Bonchev–Trinajstić information content (AvgIpc) is 2.13. The minimum atomic E-state index is 0.208. The van der Waals surface area contributed by atoms with Gasteiger partial charge in [0, 0.05) is 13.2 Å². The predicted octanol–water partition coefficient (Wildman–Crippen LogP) is 1.04. The Hall–Kier alpha value is -1.12. The van der Waals surface area contributed by atoms with Gasteiger partial charge in [-0.25, -0.2) is 4.79 Å². The van der Waals surface area contributed by atoms with Crippen LogP contribution in [0.3, 0.4) is 0 Å². The lowest BCUT2D eigenvalue weighted by atomic mass is 10.6. The van der Waals surface area contributed by atoms with Crippen LogP contribution in [0.25, 0.3) is 0 Å². The van der Waals surface area contributed by atoms with E-state index in [2.05, 4.69) is 10.1 Å². The number of rotatable bonds is 1. The summed E-state index contributed by atoms with van der Waals surface area (Å²) in [6, 6.07) is 0. The Kier molecular flexibility index (Phi) is 1.85. The van der Waals surface area contributed by atoms with Crippen molar-refractivity contribution in [2.45, 2.75) is 0 Å². The third-order valence-electron chi connectivity index (χ3n) is 0.918. The van der Waals surface area contributed by atoms with Crippen molar-refractivity contribution in [3.8, 4) is 0 Å². The number of isocyanates is 1. The van der Waals surface area contributed by atoms with Gasteiger partial charge in [0.2, 0.25) is 11.9 Å². The Morgan fingerprint density at radius 3 is 3.00 bits per heavy atom. The Bertz CT molecular complexity index is 287. The summed E-state index contributed by atoms with van der Waals surface area (Å²) >= 11 is 5.57. The lowest BCUT2D eigenvalue weighted by Gasteiger charge is -1.79. The van der Waals surface area contributed by atoms with Gasteiger partial charge in [-0.1, -0.05) is 11.6 Å². The van der Waals surface area contributed by atoms with E-state index in [0.29, 0.717) is 5.02 Å². The second-order valence-electron chi connectivity index (χ2n) is 1.68. The molecule has 1 heterocycles. The van der Waals surface area contributed by atoms with E-state index < -0.39 is 0 Å². The van der Waals surface area contributed by atoms with Gasteiger partial charge in [0.05, 0.1) is 0 Å². The maximum Gasteiger partial charge on any atom is 0.242 e. The molecular weight excluding hydrogens is 154 g/mol. The van der Waals surface area contributed by atoms with Gasteiger partial charge in [0.15, 0.2) is 0 Å². The fourth-order valence-electron chi connectivity index (χ4n) is 0.567. The second kappa shape index (κ2) is 2.64. The normalized spacial score (nSPS) is 9.00. The monoisotopic (exact) mass is 157 g/mol. The van der Waals surface area contributed by atoms with Crippen molar-refractivity contribution in [3.63, 3.8) is 0 Å². The smallest absolute Gasteiger partial charge is 0.242 e.